The summed E-state index contributed by atoms with van der Waals surface area (Å²) in [6, 6.07) is 1.70. The molecule has 0 spiro atoms. The Labute approximate surface area is 112 Å². The maximum atomic E-state index is 10.6. The van der Waals surface area contributed by atoms with Crippen LogP contribution in [-0.2, 0) is 11.3 Å². The highest BCUT2D eigenvalue weighted by molar-refractivity contribution is 7.99. The SMILES string of the molecule is C=CCn1c(SCC(=O)O)nc2cc(Cl)cnc21. The molecule has 0 atom stereocenters. The van der Waals surface area contributed by atoms with Crippen molar-refractivity contribution in [1.29, 1.82) is 0 Å². The lowest BCUT2D eigenvalue weighted by Gasteiger charge is -2.03. The fourth-order valence-electron chi connectivity index (χ4n) is 1.50. The highest BCUT2D eigenvalue weighted by Crippen LogP contribution is 2.24. The predicted molar refractivity (Wildman–Crippen MR) is 71.1 cm³/mol. The molecule has 18 heavy (non-hydrogen) atoms. The third-order valence-corrected chi connectivity index (χ3v) is 3.32. The number of aromatic nitrogens is 3. The lowest BCUT2D eigenvalue weighted by molar-refractivity contribution is -0.133. The van der Waals surface area contributed by atoms with Crippen molar-refractivity contribution < 1.29 is 9.90 Å². The molecule has 94 valence electrons. The van der Waals surface area contributed by atoms with Gasteiger partial charge in [0.15, 0.2) is 10.8 Å². The van der Waals surface area contributed by atoms with Crippen LogP contribution in [0.25, 0.3) is 11.2 Å². The van der Waals surface area contributed by atoms with Gasteiger partial charge in [-0.15, -0.1) is 6.58 Å². The lowest BCUT2D eigenvalue weighted by Crippen LogP contribution is -2.02. The summed E-state index contributed by atoms with van der Waals surface area (Å²) in [5, 5.41) is 9.80. The van der Waals surface area contributed by atoms with Crippen LogP contribution in [0.5, 0.6) is 0 Å². The molecule has 0 aromatic carbocycles. The van der Waals surface area contributed by atoms with Crippen molar-refractivity contribution in [3.05, 3.63) is 29.9 Å². The minimum Gasteiger partial charge on any atom is -0.481 e. The smallest absolute Gasteiger partial charge is 0.313 e. The first-order chi connectivity index (χ1) is 8.61. The second-order valence-electron chi connectivity index (χ2n) is 3.47. The Hall–Kier alpha value is -1.53. The molecule has 0 saturated heterocycles. The molecule has 2 aromatic rings. The van der Waals surface area contributed by atoms with E-state index in [1.165, 1.54) is 6.20 Å². The van der Waals surface area contributed by atoms with E-state index >= 15 is 0 Å². The van der Waals surface area contributed by atoms with Crippen LogP contribution in [-0.4, -0.2) is 31.4 Å². The first kappa shape index (κ1) is 12.9. The Balaban J connectivity index is 2.46. The number of carboxylic acids is 1. The summed E-state index contributed by atoms with van der Waals surface area (Å²) in [7, 11) is 0. The van der Waals surface area contributed by atoms with Gasteiger partial charge in [-0.2, -0.15) is 0 Å². The molecular weight excluding hydrogens is 274 g/mol. The quantitative estimate of drug-likeness (QED) is 0.674. The van der Waals surface area contributed by atoms with E-state index in [0.717, 1.165) is 11.8 Å². The average molecular weight is 284 g/mol. The molecule has 0 saturated carbocycles. The molecule has 5 nitrogen and oxygen atoms in total. The van der Waals surface area contributed by atoms with Crippen molar-refractivity contribution in [2.24, 2.45) is 0 Å². The minimum absolute atomic E-state index is 0.0474. The van der Waals surface area contributed by atoms with Gasteiger partial charge in [-0.1, -0.05) is 29.4 Å². The van der Waals surface area contributed by atoms with E-state index in [0.29, 0.717) is 27.9 Å². The molecule has 1 N–H and O–H groups in total. The largest absolute Gasteiger partial charge is 0.481 e. The third kappa shape index (κ3) is 2.65. The number of carbonyl (C=O) groups is 1. The van der Waals surface area contributed by atoms with E-state index in [1.807, 2.05) is 4.57 Å². The van der Waals surface area contributed by atoms with Crippen LogP contribution in [0.4, 0.5) is 0 Å². The molecule has 0 bridgehead atoms. The van der Waals surface area contributed by atoms with Crippen molar-refractivity contribution >= 4 is 40.5 Å². The number of carboxylic acid groups (broad SMARTS) is 1. The number of rotatable bonds is 5. The standard InChI is InChI=1S/C11H10ClN3O2S/c1-2-3-15-10-8(4-7(12)5-13-10)14-11(15)18-6-9(16)17/h2,4-5H,1,3,6H2,(H,16,17). The molecule has 0 aliphatic rings. The minimum atomic E-state index is -0.886. The number of halogens is 1. The normalized spacial score (nSPS) is 10.7. The van der Waals surface area contributed by atoms with Gasteiger partial charge in [-0.05, 0) is 6.07 Å². The molecule has 0 fully saturated rings. The monoisotopic (exact) mass is 283 g/mol. The van der Waals surface area contributed by atoms with Gasteiger partial charge in [-0.25, -0.2) is 9.97 Å². The van der Waals surface area contributed by atoms with E-state index < -0.39 is 5.97 Å². The van der Waals surface area contributed by atoms with Crippen LogP contribution < -0.4 is 0 Å². The number of nitrogens with zero attached hydrogens (tertiary/aromatic N) is 3. The number of aliphatic carboxylic acids is 1. The summed E-state index contributed by atoms with van der Waals surface area (Å²) in [5.74, 6) is -0.933. The van der Waals surface area contributed by atoms with Crippen molar-refractivity contribution in [3.8, 4) is 0 Å². The summed E-state index contributed by atoms with van der Waals surface area (Å²) in [6.45, 7) is 4.19. The molecule has 0 radical (unpaired) electrons. The van der Waals surface area contributed by atoms with Gasteiger partial charge in [0.2, 0.25) is 0 Å². The number of fused-ring (bicyclic) bond motifs is 1. The van der Waals surface area contributed by atoms with Crippen molar-refractivity contribution in [1.82, 2.24) is 14.5 Å². The fourth-order valence-corrected chi connectivity index (χ4v) is 2.38. The Morgan fingerprint density at radius 2 is 2.44 bits per heavy atom. The van der Waals surface area contributed by atoms with E-state index in [9.17, 15) is 4.79 Å². The number of allylic oxidation sites excluding steroid dienone is 1. The molecule has 0 amide bonds. The number of imidazole rings is 1. The van der Waals surface area contributed by atoms with Crippen LogP contribution in [0.3, 0.4) is 0 Å². The van der Waals surface area contributed by atoms with Crippen molar-refractivity contribution in [3.63, 3.8) is 0 Å². The van der Waals surface area contributed by atoms with E-state index in [-0.39, 0.29) is 5.75 Å². The molecule has 0 aliphatic heterocycles. The van der Waals surface area contributed by atoms with Gasteiger partial charge >= 0.3 is 5.97 Å². The zero-order valence-corrected chi connectivity index (χ0v) is 10.9. The lowest BCUT2D eigenvalue weighted by atomic mass is 10.4. The molecule has 2 rings (SSSR count). The number of hydrogen-bond donors (Lipinski definition) is 1. The topological polar surface area (TPSA) is 68.0 Å². The Kier molecular flexibility index (Phi) is 3.88. The van der Waals surface area contributed by atoms with Crippen molar-refractivity contribution in [2.45, 2.75) is 11.7 Å². The van der Waals surface area contributed by atoms with Gasteiger partial charge in [0.1, 0.15) is 5.52 Å². The van der Waals surface area contributed by atoms with Crippen LogP contribution in [0.15, 0.2) is 30.1 Å². The number of pyridine rings is 1. The van der Waals surface area contributed by atoms with Crippen molar-refractivity contribution in [2.75, 3.05) is 5.75 Å². The molecule has 2 aromatic heterocycles. The highest BCUT2D eigenvalue weighted by Gasteiger charge is 2.13. The molecule has 7 heteroatoms. The summed E-state index contributed by atoms with van der Waals surface area (Å²) in [4.78, 5) is 19.1. The molecule has 0 unspecified atom stereocenters. The second kappa shape index (κ2) is 5.41. The zero-order chi connectivity index (χ0) is 13.1. The van der Waals surface area contributed by atoms with Gasteiger partial charge in [0.25, 0.3) is 0 Å². The van der Waals surface area contributed by atoms with Crippen LogP contribution in [0.1, 0.15) is 0 Å². The summed E-state index contributed by atoms with van der Waals surface area (Å²) < 4.78 is 1.81. The maximum Gasteiger partial charge on any atom is 0.313 e. The zero-order valence-electron chi connectivity index (χ0n) is 9.34. The Morgan fingerprint density at radius 1 is 1.67 bits per heavy atom. The number of thioether (sulfide) groups is 1. The second-order valence-corrected chi connectivity index (χ2v) is 4.85. The average Bonchev–Trinajstić information content (AvgIpc) is 2.64. The first-order valence-corrected chi connectivity index (χ1v) is 6.45. The van der Waals surface area contributed by atoms with Gasteiger partial charge in [0.05, 0.1) is 10.8 Å². The van der Waals surface area contributed by atoms with Crippen LogP contribution >= 0.6 is 23.4 Å². The molecule has 2 heterocycles. The van der Waals surface area contributed by atoms with Gasteiger partial charge in [0, 0.05) is 12.7 Å². The van der Waals surface area contributed by atoms with E-state index in [1.54, 1.807) is 12.1 Å². The van der Waals surface area contributed by atoms with E-state index in [2.05, 4.69) is 16.5 Å². The number of hydrogen-bond acceptors (Lipinski definition) is 4. The maximum absolute atomic E-state index is 10.6. The summed E-state index contributed by atoms with van der Waals surface area (Å²) in [5.41, 5.74) is 1.32. The molecule has 0 aliphatic carbocycles. The fraction of sp³-hybridized carbons (Fsp3) is 0.182. The van der Waals surface area contributed by atoms with Gasteiger partial charge in [-0.3, -0.25) is 9.36 Å². The Morgan fingerprint density at radius 3 is 3.11 bits per heavy atom. The highest BCUT2D eigenvalue weighted by atomic mass is 35.5. The predicted octanol–water partition coefficient (Wildman–Crippen LogP) is 2.45. The van der Waals surface area contributed by atoms with Crippen LogP contribution in [0, 0.1) is 0 Å². The third-order valence-electron chi connectivity index (χ3n) is 2.15. The summed E-state index contributed by atoms with van der Waals surface area (Å²) in [6.07, 6.45) is 3.25. The molecular formula is C11H10ClN3O2S. The van der Waals surface area contributed by atoms with Gasteiger partial charge < -0.3 is 5.11 Å². The Bertz CT molecular complexity index is 612. The first-order valence-electron chi connectivity index (χ1n) is 5.09. The summed E-state index contributed by atoms with van der Waals surface area (Å²) >= 11 is 7.00. The van der Waals surface area contributed by atoms with Crippen LogP contribution in [0.2, 0.25) is 5.02 Å². The van der Waals surface area contributed by atoms with E-state index in [4.69, 9.17) is 16.7 Å².